The van der Waals surface area contributed by atoms with Crippen LogP contribution in [0.25, 0.3) is 0 Å². The fourth-order valence-corrected chi connectivity index (χ4v) is 2.06. The SMILES string of the molecule is CCC(C)(C)CNC1CCCCC1C#N. The van der Waals surface area contributed by atoms with Crippen LogP contribution < -0.4 is 5.32 Å². The molecular weight excluding hydrogens is 184 g/mol. The molecule has 0 bridgehead atoms. The van der Waals surface area contributed by atoms with Gasteiger partial charge in [0, 0.05) is 12.6 Å². The van der Waals surface area contributed by atoms with Crippen LogP contribution in [0.5, 0.6) is 0 Å². The highest BCUT2D eigenvalue weighted by Crippen LogP contribution is 2.25. The van der Waals surface area contributed by atoms with E-state index in [1.165, 1.54) is 25.7 Å². The van der Waals surface area contributed by atoms with Gasteiger partial charge in [-0.1, -0.05) is 33.6 Å². The van der Waals surface area contributed by atoms with Gasteiger partial charge < -0.3 is 5.32 Å². The summed E-state index contributed by atoms with van der Waals surface area (Å²) >= 11 is 0. The van der Waals surface area contributed by atoms with Crippen molar-refractivity contribution in [3.63, 3.8) is 0 Å². The van der Waals surface area contributed by atoms with Crippen molar-refractivity contribution in [1.82, 2.24) is 5.32 Å². The minimum absolute atomic E-state index is 0.242. The number of nitrogens with zero attached hydrogens (tertiary/aromatic N) is 1. The Morgan fingerprint density at radius 3 is 2.60 bits per heavy atom. The number of rotatable bonds is 4. The second-order valence-corrected chi connectivity index (χ2v) is 5.53. The molecule has 1 fully saturated rings. The Morgan fingerprint density at radius 1 is 1.33 bits per heavy atom. The Balaban J connectivity index is 2.39. The van der Waals surface area contributed by atoms with E-state index in [1.807, 2.05) is 0 Å². The number of nitrogens with one attached hydrogen (secondary N) is 1. The summed E-state index contributed by atoms with van der Waals surface area (Å²) in [5.74, 6) is 0.242. The van der Waals surface area contributed by atoms with Gasteiger partial charge in [0.25, 0.3) is 0 Å². The van der Waals surface area contributed by atoms with E-state index in [-0.39, 0.29) is 5.92 Å². The molecule has 0 aromatic heterocycles. The topological polar surface area (TPSA) is 35.8 Å². The third-order valence-electron chi connectivity index (χ3n) is 3.73. The summed E-state index contributed by atoms with van der Waals surface area (Å²) in [5, 5.41) is 12.6. The summed E-state index contributed by atoms with van der Waals surface area (Å²) < 4.78 is 0. The minimum Gasteiger partial charge on any atom is -0.312 e. The average Bonchev–Trinajstić information content (AvgIpc) is 2.27. The van der Waals surface area contributed by atoms with Gasteiger partial charge in [0.1, 0.15) is 0 Å². The Hall–Kier alpha value is -0.550. The van der Waals surface area contributed by atoms with E-state index in [0.29, 0.717) is 11.5 Å². The van der Waals surface area contributed by atoms with Crippen LogP contribution in [-0.4, -0.2) is 12.6 Å². The zero-order valence-corrected chi connectivity index (χ0v) is 10.3. The van der Waals surface area contributed by atoms with E-state index in [4.69, 9.17) is 5.26 Å². The minimum atomic E-state index is 0.242. The highest BCUT2D eigenvalue weighted by molar-refractivity contribution is 4.95. The normalized spacial score (nSPS) is 27.3. The Kier molecular flexibility index (Phi) is 4.60. The quantitative estimate of drug-likeness (QED) is 0.770. The Morgan fingerprint density at radius 2 is 2.00 bits per heavy atom. The number of nitriles is 1. The highest BCUT2D eigenvalue weighted by Gasteiger charge is 2.26. The van der Waals surface area contributed by atoms with Crippen LogP contribution in [0.2, 0.25) is 0 Å². The lowest BCUT2D eigenvalue weighted by atomic mass is 9.84. The van der Waals surface area contributed by atoms with Crippen molar-refractivity contribution >= 4 is 0 Å². The summed E-state index contributed by atoms with van der Waals surface area (Å²) in [6.45, 7) is 7.82. The molecule has 0 heterocycles. The second kappa shape index (κ2) is 5.51. The number of hydrogen-bond donors (Lipinski definition) is 1. The van der Waals surface area contributed by atoms with Crippen molar-refractivity contribution in [2.24, 2.45) is 11.3 Å². The first-order valence-electron chi connectivity index (χ1n) is 6.22. The number of hydrogen-bond acceptors (Lipinski definition) is 2. The molecule has 1 N–H and O–H groups in total. The highest BCUT2D eigenvalue weighted by atomic mass is 14.9. The van der Waals surface area contributed by atoms with Crippen molar-refractivity contribution < 1.29 is 0 Å². The summed E-state index contributed by atoms with van der Waals surface area (Å²) in [5.41, 5.74) is 0.359. The van der Waals surface area contributed by atoms with E-state index in [9.17, 15) is 0 Å². The molecule has 2 atom stereocenters. The van der Waals surface area contributed by atoms with E-state index in [2.05, 4.69) is 32.2 Å². The smallest absolute Gasteiger partial charge is 0.0672 e. The van der Waals surface area contributed by atoms with Crippen LogP contribution in [0.4, 0.5) is 0 Å². The van der Waals surface area contributed by atoms with E-state index < -0.39 is 0 Å². The van der Waals surface area contributed by atoms with Crippen LogP contribution in [0.3, 0.4) is 0 Å². The van der Waals surface area contributed by atoms with Crippen molar-refractivity contribution in [1.29, 1.82) is 5.26 Å². The molecule has 0 spiro atoms. The van der Waals surface area contributed by atoms with Gasteiger partial charge in [0.2, 0.25) is 0 Å². The van der Waals surface area contributed by atoms with Gasteiger partial charge in [0.05, 0.1) is 12.0 Å². The van der Waals surface area contributed by atoms with Gasteiger partial charge in [-0.15, -0.1) is 0 Å². The van der Waals surface area contributed by atoms with E-state index >= 15 is 0 Å². The first-order chi connectivity index (χ1) is 7.09. The predicted octanol–water partition coefficient (Wildman–Crippen LogP) is 3.09. The molecule has 2 unspecified atom stereocenters. The monoisotopic (exact) mass is 208 g/mol. The van der Waals surface area contributed by atoms with E-state index in [0.717, 1.165) is 13.0 Å². The molecule has 86 valence electrons. The Bertz CT molecular complexity index is 227. The van der Waals surface area contributed by atoms with Crippen LogP contribution >= 0.6 is 0 Å². The molecule has 1 aliphatic rings. The Labute approximate surface area is 94.1 Å². The molecule has 0 radical (unpaired) electrons. The summed E-state index contributed by atoms with van der Waals surface area (Å²) in [7, 11) is 0. The fourth-order valence-electron chi connectivity index (χ4n) is 2.06. The van der Waals surface area contributed by atoms with Crippen molar-refractivity contribution in [3.05, 3.63) is 0 Å². The van der Waals surface area contributed by atoms with Gasteiger partial charge in [-0.3, -0.25) is 0 Å². The maximum atomic E-state index is 9.06. The summed E-state index contributed by atoms with van der Waals surface area (Å²) in [4.78, 5) is 0. The molecule has 0 aromatic carbocycles. The lowest BCUT2D eigenvalue weighted by Gasteiger charge is -2.32. The molecule has 0 amide bonds. The van der Waals surface area contributed by atoms with Gasteiger partial charge in [-0.25, -0.2) is 0 Å². The van der Waals surface area contributed by atoms with Crippen LogP contribution in [0.1, 0.15) is 52.9 Å². The standard InChI is InChI=1S/C13H24N2/c1-4-13(2,3)10-15-12-8-6-5-7-11(12)9-14/h11-12,15H,4-8,10H2,1-3H3. The van der Waals surface area contributed by atoms with Crippen LogP contribution in [0, 0.1) is 22.7 Å². The maximum absolute atomic E-state index is 9.06. The molecule has 1 rings (SSSR count). The molecule has 0 aromatic rings. The second-order valence-electron chi connectivity index (χ2n) is 5.53. The zero-order valence-electron chi connectivity index (χ0n) is 10.3. The molecular formula is C13H24N2. The molecule has 2 heteroatoms. The summed E-state index contributed by atoms with van der Waals surface area (Å²) in [6.07, 6.45) is 5.96. The third-order valence-corrected chi connectivity index (χ3v) is 3.73. The third kappa shape index (κ3) is 3.83. The first kappa shape index (κ1) is 12.5. The largest absolute Gasteiger partial charge is 0.312 e. The maximum Gasteiger partial charge on any atom is 0.0672 e. The molecule has 1 aliphatic carbocycles. The van der Waals surface area contributed by atoms with Crippen molar-refractivity contribution in [2.75, 3.05) is 6.54 Å². The summed E-state index contributed by atoms with van der Waals surface area (Å²) in [6, 6.07) is 2.89. The molecule has 0 aliphatic heterocycles. The van der Waals surface area contributed by atoms with E-state index in [1.54, 1.807) is 0 Å². The van der Waals surface area contributed by atoms with Gasteiger partial charge in [0.15, 0.2) is 0 Å². The first-order valence-corrected chi connectivity index (χ1v) is 6.22. The lowest BCUT2D eigenvalue weighted by Crippen LogP contribution is -2.42. The van der Waals surface area contributed by atoms with Crippen LogP contribution in [0.15, 0.2) is 0 Å². The molecule has 1 saturated carbocycles. The predicted molar refractivity (Wildman–Crippen MR) is 63.4 cm³/mol. The van der Waals surface area contributed by atoms with Crippen molar-refractivity contribution in [3.8, 4) is 6.07 Å². The molecule has 2 nitrogen and oxygen atoms in total. The van der Waals surface area contributed by atoms with Gasteiger partial charge in [-0.05, 0) is 24.7 Å². The molecule has 15 heavy (non-hydrogen) atoms. The van der Waals surface area contributed by atoms with Gasteiger partial charge >= 0.3 is 0 Å². The van der Waals surface area contributed by atoms with Gasteiger partial charge in [-0.2, -0.15) is 5.26 Å². The average molecular weight is 208 g/mol. The fraction of sp³-hybridized carbons (Fsp3) is 0.923. The van der Waals surface area contributed by atoms with Crippen LogP contribution in [-0.2, 0) is 0 Å². The van der Waals surface area contributed by atoms with Crippen molar-refractivity contribution in [2.45, 2.75) is 58.9 Å². The zero-order chi connectivity index (χ0) is 11.3. The molecule has 0 saturated heterocycles. The lowest BCUT2D eigenvalue weighted by molar-refractivity contribution is 0.254.